The minimum Gasteiger partial charge on any atom is -0.394 e. The molecule has 0 bridgehead atoms. The van der Waals surface area contributed by atoms with Crippen LogP contribution in [-0.2, 0) is 0 Å². The summed E-state index contributed by atoms with van der Waals surface area (Å²) in [5.41, 5.74) is -0.0857. The second-order valence-electron chi connectivity index (χ2n) is 5.91. The Balaban J connectivity index is 1.73. The molecule has 0 aromatic carbocycles. The van der Waals surface area contributed by atoms with Crippen molar-refractivity contribution in [1.82, 2.24) is 15.5 Å². The van der Waals surface area contributed by atoms with Gasteiger partial charge in [-0.2, -0.15) is 0 Å². The highest BCUT2D eigenvalue weighted by Gasteiger charge is 2.33. The lowest BCUT2D eigenvalue weighted by Gasteiger charge is -2.32. The van der Waals surface area contributed by atoms with E-state index >= 15 is 0 Å². The van der Waals surface area contributed by atoms with Crippen LogP contribution in [0.25, 0.3) is 0 Å². The number of nitrogens with zero attached hydrogens (tertiary/aromatic N) is 3. The van der Waals surface area contributed by atoms with Crippen molar-refractivity contribution in [1.29, 1.82) is 0 Å². The number of thioether (sulfide) groups is 1. The van der Waals surface area contributed by atoms with Crippen LogP contribution < -0.4 is 10.2 Å². The fourth-order valence-electron chi connectivity index (χ4n) is 2.26. The fourth-order valence-corrected chi connectivity index (χ4v) is 4.03. The first-order valence-corrected chi connectivity index (χ1v) is 9.41. The Morgan fingerprint density at radius 2 is 2.19 bits per heavy atom. The maximum atomic E-state index is 9.74. The molecule has 1 unspecified atom stereocenters. The third kappa shape index (κ3) is 5.09. The molecule has 21 heavy (non-hydrogen) atoms. The van der Waals surface area contributed by atoms with E-state index in [0.29, 0.717) is 6.04 Å². The SMILES string of the molecule is CCC(CO)(CCCSc1nnc(N(C)C)s1)NC1CC1. The zero-order valence-electron chi connectivity index (χ0n) is 13.1. The van der Waals surface area contributed by atoms with Gasteiger partial charge in [-0.1, -0.05) is 30.0 Å². The average Bonchev–Trinajstić information content (AvgIpc) is 3.16. The molecule has 0 spiro atoms. The second kappa shape index (κ2) is 7.76. The normalized spacial score (nSPS) is 17.7. The van der Waals surface area contributed by atoms with Gasteiger partial charge in [0.2, 0.25) is 5.13 Å². The van der Waals surface area contributed by atoms with Crippen molar-refractivity contribution >= 4 is 28.2 Å². The molecule has 1 aliphatic rings. The van der Waals surface area contributed by atoms with Crippen LogP contribution in [0.4, 0.5) is 5.13 Å². The van der Waals surface area contributed by atoms with Crippen LogP contribution in [0, 0.1) is 0 Å². The van der Waals surface area contributed by atoms with Gasteiger partial charge in [-0.05, 0) is 32.1 Å². The Kier molecular flexibility index (Phi) is 6.28. The summed E-state index contributed by atoms with van der Waals surface area (Å²) in [6.07, 6.45) is 5.59. The standard InChI is InChI=1S/C14H26N4OS2/c1-4-14(10-19,15-11-6-7-11)8-5-9-20-13-17-16-12(21-13)18(2)3/h11,15,19H,4-10H2,1-3H3. The molecule has 2 rings (SSSR count). The summed E-state index contributed by atoms with van der Waals surface area (Å²) in [5, 5.41) is 22.7. The summed E-state index contributed by atoms with van der Waals surface area (Å²) < 4.78 is 1.03. The van der Waals surface area contributed by atoms with E-state index in [1.165, 1.54) is 12.8 Å². The quantitative estimate of drug-likeness (QED) is 0.507. The first kappa shape index (κ1) is 17.0. The summed E-state index contributed by atoms with van der Waals surface area (Å²) in [6.45, 7) is 2.39. The van der Waals surface area contributed by atoms with Crippen LogP contribution in [-0.4, -0.2) is 53.3 Å². The minimum absolute atomic E-state index is 0.0857. The van der Waals surface area contributed by atoms with Gasteiger partial charge in [0.25, 0.3) is 0 Å². The zero-order chi connectivity index (χ0) is 15.3. The third-order valence-corrected chi connectivity index (χ3v) is 6.18. The lowest BCUT2D eigenvalue weighted by atomic mass is 9.91. The van der Waals surface area contributed by atoms with Gasteiger partial charge in [-0.25, -0.2) is 0 Å². The van der Waals surface area contributed by atoms with E-state index in [1.807, 2.05) is 19.0 Å². The highest BCUT2D eigenvalue weighted by molar-refractivity contribution is 8.01. The molecular weight excluding hydrogens is 304 g/mol. The fraction of sp³-hybridized carbons (Fsp3) is 0.857. The van der Waals surface area contributed by atoms with Crippen molar-refractivity contribution in [2.24, 2.45) is 0 Å². The Hall–Kier alpha value is -0.370. The molecular formula is C14H26N4OS2. The monoisotopic (exact) mass is 330 g/mol. The van der Waals surface area contributed by atoms with Gasteiger partial charge >= 0.3 is 0 Å². The maximum absolute atomic E-state index is 9.74. The van der Waals surface area contributed by atoms with E-state index in [0.717, 1.165) is 34.5 Å². The van der Waals surface area contributed by atoms with E-state index in [1.54, 1.807) is 23.1 Å². The van der Waals surface area contributed by atoms with E-state index < -0.39 is 0 Å². The van der Waals surface area contributed by atoms with Gasteiger partial charge in [-0.15, -0.1) is 10.2 Å². The number of rotatable bonds is 10. The Morgan fingerprint density at radius 1 is 1.43 bits per heavy atom. The van der Waals surface area contributed by atoms with Crippen molar-refractivity contribution < 1.29 is 5.11 Å². The van der Waals surface area contributed by atoms with Gasteiger partial charge < -0.3 is 15.3 Å². The van der Waals surface area contributed by atoms with Gasteiger partial charge in [-0.3, -0.25) is 0 Å². The lowest BCUT2D eigenvalue weighted by Crippen LogP contribution is -2.49. The smallest absolute Gasteiger partial charge is 0.208 e. The number of aromatic nitrogens is 2. The van der Waals surface area contributed by atoms with Crippen LogP contribution in [0.2, 0.25) is 0 Å². The molecule has 0 amide bonds. The predicted octanol–water partition coefficient (Wildman–Crippen LogP) is 2.37. The zero-order valence-corrected chi connectivity index (χ0v) is 14.8. The van der Waals surface area contributed by atoms with Crippen molar-refractivity contribution in [2.75, 3.05) is 31.4 Å². The van der Waals surface area contributed by atoms with Crippen LogP contribution in [0.1, 0.15) is 39.0 Å². The lowest BCUT2D eigenvalue weighted by molar-refractivity contribution is 0.144. The van der Waals surface area contributed by atoms with Crippen molar-refractivity contribution in [3.8, 4) is 0 Å². The first-order valence-electron chi connectivity index (χ1n) is 7.61. The van der Waals surface area contributed by atoms with Crippen molar-refractivity contribution in [2.45, 2.75) is 54.9 Å². The molecule has 1 heterocycles. The molecule has 7 heteroatoms. The molecule has 0 radical (unpaired) electrons. The van der Waals surface area contributed by atoms with Crippen LogP contribution in [0.5, 0.6) is 0 Å². The summed E-state index contributed by atoms with van der Waals surface area (Å²) in [7, 11) is 3.96. The number of nitrogens with one attached hydrogen (secondary N) is 1. The van der Waals surface area contributed by atoms with Crippen LogP contribution in [0.3, 0.4) is 0 Å². The van der Waals surface area contributed by atoms with Crippen LogP contribution >= 0.6 is 23.1 Å². The highest BCUT2D eigenvalue weighted by Crippen LogP contribution is 2.30. The molecule has 1 atom stereocenters. The van der Waals surface area contributed by atoms with E-state index in [2.05, 4.69) is 22.4 Å². The van der Waals surface area contributed by atoms with E-state index in [9.17, 15) is 5.11 Å². The van der Waals surface area contributed by atoms with Crippen molar-refractivity contribution in [3.05, 3.63) is 0 Å². The molecule has 2 N–H and O–H groups in total. The second-order valence-corrected chi connectivity index (χ2v) is 8.21. The molecule has 1 aromatic heterocycles. The van der Waals surface area contributed by atoms with E-state index in [4.69, 9.17) is 0 Å². The molecule has 0 saturated heterocycles. The topological polar surface area (TPSA) is 61.3 Å². The molecule has 0 aliphatic heterocycles. The number of hydrogen-bond acceptors (Lipinski definition) is 7. The third-order valence-electron chi connectivity index (χ3n) is 3.87. The predicted molar refractivity (Wildman–Crippen MR) is 90.5 cm³/mol. The maximum Gasteiger partial charge on any atom is 0.208 e. The summed E-state index contributed by atoms with van der Waals surface area (Å²) in [4.78, 5) is 1.98. The average molecular weight is 331 g/mol. The minimum atomic E-state index is -0.0857. The summed E-state index contributed by atoms with van der Waals surface area (Å²) in [6, 6.07) is 0.635. The number of hydrogen-bond donors (Lipinski definition) is 2. The molecule has 1 saturated carbocycles. The Bertz CT molecular complexity index is 430. The number of anilines is 1. The largest absolute Gasteiger partial charge is 0.394 e. The highest BCUT2D eigenvalue weighted by atomic mass is 32.2. The molecule has 5 nitrogen and oxygen atoms in total. The summed E-state index contributed by atoms with van der Waals surface area (Å²) in [5.74, 6) is 1.02. The summed E-state index contributed by atoms with van der Waals surface area (Å²) >= 11 is 3.40. The van der Waals surface area contributed by atoms with E-state index in [-0.39, 0.29) is 12.1 Å². The van der Waals surface area contributed by atoms with Crippen molar-refractivity contribution in [3.63, 3.8) is 0 Å². The van der Waals surface area contributed by atoms with Gasteiger partial charge in [0.1, 0.15) is 0 Å². The number of aliphatic hydroxyl groups excluding tert-OH is 1. The molecule has 1 aromatic rings. The van der Waals surface area contributed by atoms with Crippen LogP contribution in [0.15, 0.2) is 4.34 Å². The number of aliphatic hydroxyl groups is 1. The van der Waals surface area contributed by atoms with Gasteiger partial charge in [0, 0.05) is 31.4 Å². The first-order chi connectivity index (χ1) is 10.1. The molecule has 120 valence electrons. The Labute approximate surface area is 135 Å². The molecule has 1 aliphatic carbocycles. The van der Waals surface area contributed by atoms with Gasteiger partial charge in [0.15, 0.2) is 4.34 Å². The van der Waals surface area contributed by atoms with Gasteiger partial charge in [0.05, 0.1) is 6.61 Å². The Morgan fingerprint density at radius 3 is 2.71 bits per heavy atom. The molecule has 1 fully saturated rings.